The zero-order valence-electron chi connectivity index (χ0n) is 14.9. The van der Waals surface area contributed by atoms with Crippen LogP contribution in [0.1, 0.15) is 37.4 Å². The highest BCUT2D eigenvalue weighted by atomic mass is 16.5. The maximum Gasteiger partial charge on any atom is 0.197 e. The molecule has 3 aromatic rings. The average Bonchev–Trinajstić information content (AvgIpc) is 2.93. The number of carbonyl (C=O) groups excluding carboxylic acids is 2. The van der Waals surface area contributed by atoms with Crippen LogP contribution in [0.4, 0.5) is 0 Å². The lowest BCUT2D eigenvalue weighted by Gasteiger charge is -2.11. The molecule has 0 fully saturated rings. The van der Waals surface area contributed by atoms with Crippen molar-refractivity contribution in [3.05, 3.63) is 106 Å². The SMILES string of the molecule is Cc1ccc(OCc2ccccc2)c(C=C2C(=O)c3ccccc3C2=O)c1. The lowest BCUT2D eigenvalue weighted by Crippen LogP contribution is -2.02. The van der Waals surface area contributed by atoms with Crippen LogP contribution >= 0.6 is 0 Å². The Morgan fingerprint density at radius 3 is 2.11 bits per heavy atom. The molecule has 0 saturated heterocycles. The van der Waals surface area contributed by atoms with E-state index >= 15 is 0 Å². The molecule has 1 aliphatic rings. The summed E-state index contributed by atoms with van der Waals surface area (Å²) in [5.74, 6) is 0.186. The number of ether oxygens (including phenoxy) is 1. The standard InChI is InChI=1S/C24H18O3/c1-16-11-12-22(27-15-17-7-3-2-4-8-17)18(13-16)14-21-23(25)19-9-5-6-10-20(19)24(21)26/h2-14H,15H2,1H3. The maximum absolute atomic E-state index is 12.7. The van der Waals surface area contributed by atoms with Crippen LogP contribution in [0.2, 0.25) is 0 Å². The lowest BCUT2D eigenvalue weighted by molar-refractivity contribution is 0.0990. The van der Waals surface area contributed by atoms with Crippen molar-refractivity contribution in [2.45, 2.75) is 13.5 Å². The van der Waals surface area contributed by atoms with E-state index < -0.39 is 0 Å². The first-order valence-corrected chi connectivity index (χ1v) is 8.81. The highest BCUT2D eigenvalue weighted by Crippen LogP contribution is 2.30. The van der Waals surface area contributed by atoms with E-state index in [1.54, 1.807) is 30.3 Å². The predicted molar refractivity (Wildman–Crippen MR) is 105 cm³/mol. The Balaban J connectivity index is 1.68. The molecule has 3 heteroatoms. The van der Waals surface area contributed by atoms with Gasteiger partial charge in [-0.15, -0.1) is 0 Å². The second kappa shape index (κ2) is 7.04. The van der Waals surface area contributed by atoms with Crippen molar-refractivity contribution in [3.63, 3.8) is 0 Å². The van der Waals surface area contributed by atoms with Crippen molar-refractivity contribution in [2.24, 2.45) is 0 Å². The smallest absolute Gasteiger partial charge is 0.197 e. The van der Waals surface area contributed by atoms with Crippen LogP contribution in [-0.2, 0) is 6.61 Å². The van der Waals surface area contributed by atoms with Gasteiger partial charge in [0, 0.05) is 16.7 Å². The number of benzene rings is 3. The van der Waals surface area contributed by atoms with E-state index in [1.165, 1.54) is 0 Å². The molecule has 1 aliphatic carbocycles. The van der Waals surface area contributed by atoms with Crippen LogP contribution in [0.15, 0.2) is 78.4 Å². The number of rotatable bonds is 4. The van der Waals surface area contributed by atoms with Crippen molar-refractivity contribution in [3.8, 4) is 5.75 Å². The largest absolute Gasteiger partial charge is 0.488 e. The van der Waals surface area contributed by atoms with Gasteiger partial charge in [0.05, 0.1) is 5.57 Å². The van der Waals surface area contributed by atoms with Gasteiger partial charge in [0.2, 0.25) is 0 Å². The fourth-order valence-electron chi connectivity index (χ4n) is 3.21. The molecule has 0 spiro atoms. The molecular formula is C24H18O3. The molecule has 0 aromatic heterocycles. The third kappa shape index (κ3) is 3.32. The van der Waals surface area contributed by atoms with E-state index in [-0.39, 0.29) is 17.1 Å². The van der Waals surface area contributed by atoms with Crippen molar-refractivity contribution in [1.82, 2.24) is 0 Å². The Bertz CT molecular complexity index is 1020. The van der Waals surface area contributed by atoms with E-state index in [0.29, 0.717) is 23.5 Å². The Labute approximate surface area is 157 Å². The molecule has 4 rings (SSSR count). The highest BCUT2D eigenvalue weighted by Gasteiger charge is 2.32. The third-order valence-corrected chi connectivity index (χ3v) is 4.61. The third-order valence-electron chi connectivity index (χ3n) is 4.61. The molecule has 0 aliphatic heterocycles. The molecule has 3 nitrogen and oxygen atoms in total. The van der Waals surface area contributed by atoms with E-state index in [1.807, 2.05) is 55.5 Å². The fraction of sp³-hybridized carbons (Fsp3) is 0.0833. The first kappa shape index (κ1) is 17.0. The number of hydrogen-bond acceptors (Lipinski definition) is 3. The monoisotopic (exact) mass is 354 g/mol. The van der Waals surface area contributed by atoms with E-state index in [2.05, 4.69) is 0 Å². The number of Topliss-reactive ketones (excluding diaryl/α,β-unsaturated/α-hetero) is 2. The number of ketones is 2. The fourth-order valence-corrected chi connectivity index (χ4v) is 3.21. The molecule has 0 atom stereocenters. The van der Waals surface area contributed by atoms with Gasteiger partial charge >= 0.3 is 0 Å². The van der Waals surface area contributed by atoms with Crippen molar-refractivity contribution < 1.29 is 14.3 Å². The summed E-state index contributed by atoms with van der Waals surface area (Å²) in [5.41, 5.74) is 3.93. The summed E-state index contributed by atoms with van der Waals surface area (Å²) in [6, 6.07) is 22.6. The Morgan fingerprint density at radius 1 is 0.815 bits per heavy atom. The van der Waals surface area contributed by atoms with Gasteiger partial charge in [0.25, 0.3) is 0 Å². The van der Waals surface area contributed by atoms with Crippen LogP contribution in [0.5, 0.6) is 5.75 Å². The van der Waals surface area contributed by atoms with Crippen LogP contribution in [0, 0.1) is 6.92 Å². The van der Waals surface area contributed by atoms with E-state index in [9.17, 15) is 9.59 Å². The van der Waals surface area contributed by atoms with Crippen molar-refractivity contribution >= 4 is 17.6 Å². The molecule has 27 heavy (non-hydrogen) atoms. The van der Waals surface area contributed by atoms with Gasteiger partial charge < -0.3 is 4.74 Å². The first-order chi connectivity index (χ1) is 13.1. The highest BCUT2D eigenvalue weighted by molar-refractivity contribution is 6.41. The summed E-state index contributed by atoms with van der Waals surface area (Å²) in [4.78, 5) is 25.3. The molecule has 0 radical (unpaired) electrons. The van der Waals surface area contributed by atoms with E-state index in [0.717, 1.165) is 16.7 Å². The quantitative estimate of drug-likeness (QED) is 0.487. The van der Waals surface area contributed by atoms with Crippen LogP contribution < -0.4 is 4.74 Å². The maximum atomic E-state index is 12.7. The van der Waals surface area contributed by atoms with Crippen LogP contribution in [-0.4, -0.2) is 11.6 Å². The molecule has 3 aromatic carbocycles. The molecule has 0 amide bonds. The summed E-state index contributed by atoms with van der Waals surface area (Å²) in [6.07, 6.45) is 1.65. The summed E-state index contributed by atoms with van der Waals surface area (Å²) in [5, 5.41) is 0. The zero-order valence-corrected chi connectivity index (χ0v) is 14.9. The summed E-state index contributed by atoms with van der Waals surface area (Å²) in [6.45, 7) is 2.39. The second-order valence-corrected chi connectivity index (χ2v) is 6.58. The first-order valence-electron chi connectivity index (χ1n) is 8.81. The summed E-state index contributed by atoms with van der Waals surface area (Å²) < 4.78 is 5.97. The molecule has 0 N–H and O–H groups in total. The number of aryl methyl sites for hydroxylation is 1. The Kier molecular flexibility index (Phi) is 4.43. The molecule has 0 unspecified atom stereocenters. The predicted octanol–water partition coefficient (Wildman–Crippen LogP) is 5.04. The second-order valence-electron chi connectivity index (χ2n) is 6.58. The minimum atomic E-state index is -0.230. The van der Waals surface area contributed by atoms with Gasteiger partial charge in [-0.25, -0.2) is 0 Å². The normalized spacial score (nSPS) is 12.9. The van der Waals surface area contributed by atoms with Gasteiger partial charge in [-0.2, -0.15) is 0 Å². The summed E-state index contributed by atoms with van der Waals surface area (Å²) >= 11 is 0. The molecule has 0 heterocycles. The van der Waals surface area contributed by atoms with Gasteiger partial charge in [-0.1, -0.05) is 66.2 Å². The molecule has 0 saturated carbocycles. The molecule has 0 bridgehead atoms. The van der Waals surface area contributed by atoms with Gasteiger partial charge in [0.1, 0.15) is 12.4 Å². The molecular weight excluding hydrogens is 336 g/mol. The van der Waals surface area contributed by atoms with Crippen LogP contribution in [0.25, 0.3) is 6.08 Å². The zero-order chi connectivity index (χ0) is 18.8. The number of carbonyl (C=O) groups is 2. The van der Waals surface area contributed by atoms with Gasteiger partial charge in [-0.3, -0.25) is 9.59 Å². The summed E-state index contributed by atoms with van der Waals surface area (Å²) in [7, 11) is 0. The molecule has 132 valence electrons. The van der Waals surface area contributed by atoms with Gasteiger partial charge in [0.15, 0.2) is 11.6 Å². The minimum Gasteiger partial charge on any atom is -0.488 e. The van der Waals surface area contributed by atoms with Crippen LogP contribution in [0.3, 0.4) is 0 Å². The van der Waals surface area contributed by atoms with Gasteiger partial charge in [-0.05, 0) is 30.7 Å². The minimum absolute atomic E-state index is 0.186. The average molecular weight is 354 g/mol. The number of fused-ring (bicyclic) bond motifs is 1. The van der Waals surface area contributed by atoms with Crippen molar-refractivity contribution in [1.29, 1.82) is 0 Å². The Morgan fingerprint density at radius 2 is 1.44 bits per heavy atom. The van der Waals surface area contributed by atoms with E-state index in [4.69, 9.17) is 4.74 Å². The Hall–Kier alpha value is -3.46. The number of hydrogen-bond donors (Lipinski definition) is 0. The topological polar surface area (TPSA) is 43.4 Å². The number of allylic oxidation sites excluding steroid dienone is 1. The lowest BCUT2D eigenvalue weighted by atomic mass is 10.0. The van der Waals surface area contributed by atoms with Crippen molar-refractivity contribution in [2.75, 3.05) is 0 Å².